The van der Waals surface area contributed by atoms with E-state index < -0.39 is 32.4 Å². The number of halogens is 1. The summed E-state index contributed by atoms with van der Waals surface area (Å²) in [5, 5.41) is -0.810. The highest BCUT2D eigenvalue weighted by Gasteiger charge is 2.74. The Morgan fingerprint density at radius 2 is 1.91 bits per heavy atom. The molecule has 1 aromatic rings. The van der Waals surface area contributed by atoms with Gasteiger partial charge in [0.25, 0.3) is 0 Å². The van der Waals surface area contributed by atoms with Crippen LogP contribution in [0.2, 0.25) is 0 Å². The Bertz CT molecular complexity index is 659. The summed E-state index contributed by atoms with van der Waals surface area (Å²) in [5.41, 5.74) is 5.45. The molecule has 0 heterocycles. The zero-order valence-corrected chi connectivity index (χ0v) is 15.0. The Hall–Kier alpha value is -0.920. The first kappa shape index (κ1) is 17.4. The summed E-state index contributed by atoms with van der Waals surface area (Å²) >= 11 is 3.35. The fourth-order valence-electron chi connectivity index (χ4n) is 3.09. The van der Waals surface area contributed by atoms with E-state index in [0.717, 1.165) is 10.0 Å². The molecule has 0 unspecified atom stereocenters. The minimum Gasteiger partial charge on any atom is -0.465 e. The smallest absolute Gasteiger partial charge is 0.315 e. The average Bonchev–Trinajstić information content (AvgIpc) is 3.20. The number of nitrogens with two attached hydrogens (primary N) is 1. The predicted molar refractivity (Wildman–Crippen MR) is 88.3 cm³/mol. The van der Waals surface area contributed by atoms with E-state index in [9.17, 15) is 13.2 Å². The van der Waals surface area contributed by atoms with Crippen molar-refractivity contribution >= 4 is 31.7 Å². The van der Waals surface area contributed by atoms with Crippen molar-refractivity contribution < 1.29 is 17.9 Å². The number of esters is 1. The van der Waals surface area contributed by atoms with Gasteiger partial charge in [0, 0.05) is 22.7 Å². The quantitative estimate of drug-likeness (QED) is 0.750. The van der Waals surface area contributed by atoms with Crippen LogP contribution in [0.3, 0.4) is 0 Å². The van der Waals surface area contributed by atoms with Crippen LogP contribution in [0, 0.1) is 5.41 Å². The van der Waals surface area contributed by atoms with Gasteiger partial charge in [0.05, 0.1) is 11.9 Å². The number of rotatable bonds is 6. The van der Waals surface area contributed by atoms with E-state index in [1.54, 1.807) is 13.8 Å². The van der Waals surface area contributed by atoms with E-state index in [1.807, 2.05) is 24.3 Å². The largest absolute Gasteiger partial charge is 0.465 e. The van der Waals surface area contributed by atoms with Crippen molar-refractivity contribution in [2.45, 2.75) is 25.0 Å². The van der Waals surface area contributed by atoms with Crippen LogP contribution in [-0.2, 0) is 19.4 Å². The van der Waals surface area contributed by atoms with Crippen molar-refractivity contribution in [2.24, 2.45) is 11.1 Å². The van der Waals surface area contributed by atoms with Gasteiger partial charge in [-0.05, 0) is 24.6 Å². The second kappa shape index (κ2) is 6.29. The molecule has 2 rings (SSSR count). The average molecular weight is 390 g/mol. The monoisotopic (exact) mass is 389 g/mol. The fourth-order valence-corrected chi connectivity index (χ4v) is 5.43. The van der Waals surface area contributed by atoms with Crippen LogP contribution in [0.1, 0.15) is 25.3 Å². The molecule has 2 N–H and O–H groups in total. The molecule has 122 valence electrons. The highest BCUT2D eigenvalue weighted by Crippen LogP contribution is 2.63. The van der Waals surface area contributed by atoms with Crippen molar-refractivity contribution in [2.75, 3.05) is 18.9 Å². The molecule has 0 amide bonds. The predicted octanol–water partition coefficient (Wildman–Crippen LogP) is 1.86. The van der Waals surface area contributed by atoms with Gasteiger partial charge in [-0.1, -0.05) is 35.0 Å². The van der Waals surface area contributed by atoms with Crippen LogP contribution < -0.4 is 5.73 Å². The molecule has 1 aliphatic carbocycles. The molecular formula is C15H20BrNO4S. The standard InChI is InChI=1S/C15H20BrNO4S/c1-3-21-14(18)15(9-17)12(13(15)22(19,20)4-2)10-5-7-11(16)8-6-10/h5-8,12-13H,3-4,9,17H2,1-2H3/t12-,13-,15+/m0/s1. The molecular weight excluding hydrogens is 370 g/mol. The number of benzene rings is 1. The van der Waals surface area contributed by atoms with Gasteiger partial charge in [0.15, 0.2) is 9.84 Å². The lowest BCUT2D eigenvalue weighted by Gasteiger charge is -2.14. The van der Waals surface area contributed by atoms with Gasteiger partial charge < -0.3 is 10.5 Å². The van der Waals surface area contributed by atoms with Crippen molar-refractivity contribution in [1.29, 1.82) is 0 Å². The SMILES string of the molecule is CCOC(=O)[C@]1(CN)[C@@H](c2ccc(Br)cc2)[C@@H]1S(=O)(=O)CC. The minimum atomic E-state index is -3.41. The summed E-state index contributed by atoms with van der Waals surface area (Å²) in [4.78, 5) is 12.4. The molecule has 1 fully saturated rings. The molecule has 0 radical (unpaired) electrons. The molecule has 0 aromatic heterocycles. The van der Waals surface area contributed by atoms with Crippen molar-refractivity contribution in [1.82, 2.24) is 0 Å². The summed E-state index contributed by atoms with van der Waals surface area (Å²) in [6.07, 6.45) is 0. The maximum Gasteiger partial charge on any atom is 0.315 e. The van der Waals surface area contributed by atoms with E-state index in [1.165, 1.54) is 0 Å². The van der Waals surface area contributed by atoms with Gasteiger partial charge in [0.1, 0.15) is 5.41 Å². The van der Waals surface area contributed by atoms with Crippen LogP contribution in [-0.4, -0.2) is 38.5 Å². The number of carbonyl (C=O) groups is 1. The van der Waals surface area contributed by atoms with E-state index in [2.05, 4.69) is 15.9 Å². The van der Waals surface area contributed by atoms with E-state index in [4.69, 9.17) is 10.5 Å². The number of hydrogen-bond donors (Lipinski definition) is 1. The third-order valence-electron chi connectivity index (χ3n) is 4.27. The number of hydrogen-bond acceptors (Lipinski definition) is 5. The molecule has 5 nitrogen and oxygen atoms in total. The zero-order valence-electron chi connectivity index (χ0n) is 12.6. The summed E-state index contributed by atoms with van der Waals surface area (Å²) < 4.78 is 30.8. The van der Waals surface area contributed by atoms with Crippen LogP contribution in [0.25, 0.3) is 0 Å². The van der Waals surface area contributed by atoms with Crippen molar-refractivity contribution in [3.05, 3.63) is 34.3 Å². The first-order chi connectivity index (χ1) is 10.3. The molecule has 7 heteroatoms. The van der Waals surface area contributed by atoms with Crippen LogP contribution in [0.15, 0.2) is 28.7 Å². The minimum absolute atomic E-state index is 0.0220. The molecule has 22 heavy (non-hydrogen) atoms. The first-order valence-corrected chi connectivity index (χ1v) is 9.70. The highest BCUT2D eigenvalue weighted by molar-refractivity contribution is 9.10. The third-order valence-corrected chi connectivity index (χ3v) is 7.07. The molecule has 0 spiro atoms. The molecule has 0 bridgehead atoms. The number of ether oxygens (including phenoxy) is 1. The van der Waals surface area contributed by atoms with E-state index >= 15 is 0 Å². The molecule has 1 saturated carbocycles. The van der Waals surface area contributed by atoms with Crippen molar-refractivity contribution in [3.8, 4) is 0 Å². The molecule has 0 saturated heterocycles. The van der Waals surface area contributed by atoms with Gasteiger partial charge in [-0.15, -0.1) is 0 Å². The Morgan fingerprint density at radius 3 is 2.36 bits per heavy atom. The second-order valence-electron chi connectivity index (χ2n) is 5.37. The second-order valence-corrected chi connectivity index (χ2v) is 8.69. The Labute approximate surface area is 139 Å². The first-order valence-electron chi connectivity index (χ1n) is 7.19. The van der Waals surface area contributed by atoms with Crippen LogP contribution in [0.4, 0.5) is 0 Å². The van der Waals surface area contributed by atoms with Crippen molar-refractivity contribution in [3.63, 3.8) is 0 Å². The number of sulfone groups is 1. The summed E-state index contributed by atoms with van der Waals surface area (Å²) in [6, 6.07) is 7.30. The van der Waals surface area contributed by atoms with E-state index in [0.29, 0.717) is 0 Å². The maximum atomic E-state index is 12.4. The topological polar surface area (TPSA) is 86.5 Å². The third kappa shape index (κ3) is 2.70. The van der Waals surface area contributed by atoms with E-state index in [-0.39, 0.29) is 18.9 Å². The Kier molecular flexibility index (Phi) is 4.99. The maximum absolute atomic E-state index is 12.4. The van der Waals surface area contributed by atoms with Gasteiger partial charge in [-0.3, -0.25) is 4.79 Å². The number of carbonyl (C=O) groups excluding carboxylic acids is 1. The Balaban J connectivity index is 2.49. The van der Waals surface area contributed by atoms with Gasteiger partial charge in [-0.25, -0.2) is 8.42 Å². The molecule has 1 aliphatic rings. The van der Waals surface area contributed by atoms with Crippen LogP contribution >= 0.6 is 15.9 Å². The highest BCUT2D eigenvalue weighted by atomic mass is 79.9. The lowest BCUT2D eigenvalue weighted by molar-refractivity contribution is -0.149. The molecule has 1 aromatic carbocycles. The summed E-state index contributed by atoms with van der Waals surface area (Å²) in [7, 11) is -3.41. The summed E-state index contributed by atoms with van der Waals surface area (Å²) in [5.74, 6) is -0.992. The molecule has 3 atom stereocenters. The Morgan fingerprint density at radius 1 is 1.32 bits per heavy atom. The summed E-state index contributed by atoms with van der Waals surface area (Å²) in [6.45, 7) is 3.43. The van der Waals surface area contributed by atoms with Gasteiger partial charge >= 0.3 is 5.97 Å². The van der Waals surface area contributed by atoms with Gasteiger partial charge in [-0.2, -0.15) is 0 Å². The fraction of sp³-hybridized carbons (Fsp3) is 0.533. The lowest BCUT2D eigenvalue weighted by Crippen LogP contribution is -2.34. The van der Waals surface area contributed by atoms with Gasteiger partial charge in [0.2, 0.25) is 0 Å². The van der Waals surface area contributed by atoms with Crippen LogP contribution in [0.5, 0.6) is 0 Å². The lowest BCUT2D eigenvalue weighted by atomic mass is 9.99. The normalized spacial score (nSPS) is 27.5. The zero-order chi connectivity index (χ0) is 16.5. The molecule has 0 aliphatic heterocycles.